The Hall–Kier alpha value is -0.610. The van der Waals surface area contributed by atoms with Crippen LogP contribution < -0.4 is 5.32 Å². The fourth-order valence-corrected chi connectivity index (χ4v) is 2.97. The number of nitrogens with one attached hydrogen (secondary N) is 1. The van der Waals surface area contributed by atoms with Crippen LogP contribution in [0.5, 0.6) is 0 Å². The molecule has 1 aliphatic heterocycles. The highest BCUT2D eigenvalue weighted by Gasteiger charge is 2.21. The molecule has 0 saturated heterocycles. The molecule has 15 heavy (non-hydrogen) atoms. The molecule has 0 aliphatic carbocycles. The van der Waals surface area contributed by atoms with Crippen LogP contribution in [0.4, 0.5) is 8.78 Å². The topological polar surface area (TPSA) is 12.0 Å². The van der Waals surface area contributed by atoms with Gasteiger partial charge in [0.25, 0.3) is 0 Å². The van der Waals surface area contributed by atoms with Crippen LogP contribution in [0.25, 0.3) is 0 Å². The summed E-state index contributed by atoms with van der Waals surface area (Å²) in [6.45, 7) is 0. The lowest BCUT2D eigenvalue weighted by Crippen LogP contribution is -2.19. The van der Waals surface area contributed by atoms with E-state index in [9.17, 15) is 8.78 Å². The smallest absolute Gasteiger partial charge is 0.131 e. The van der Waals surface area contributed by atoms with Crippen LogP contribution in [0.15, 0.2) is 12.1 Å². The number of benzene rings is 1. The quantitative estimate of drug-likeness (QED) is 0.794. The van der Waals surface area contributed by atoms with Crippen molar-refractivity contribution in [3.05, 3.63) is 34.9 Å². The highest BCUT2D eigenvalue weighted by Crippen LogP contribution is 2.32. The Morgan fingerprint density at radius 1 is 1.40 bits per heavy atom. The maximum absolute atomic E-state index is 13.7. The van der Waals surface area contributed by atoms with Crippen molar-refractivity contribution in [3.63, 3.8) is 0 Å². The van der Waals surface area contributed by atoms with E-state index in [-0.39, 0.29) is 6.04 Å². The van der Waals surface area contributed by atoms with Gasteiger partial charge >= 0.3 is 0 Å². The van der Waals surface area contributed by atoms with Crippen molar-refractivity contribution in [1.29, 1.82) is 0 Å². The zero-order chi connectivity index (χ0) is 10.8. The molecule has 0 amide bonds. The molecule has 2 rings (SSSR count). The Morgan fingerprint density at radius 2 is 2.20 bits per heavy atom. The summed E-state index contributed by atoms with van der Waals surface area (Å²) in [4.78, 5) is 0. The van der Waals surface area contributed by atoms with Crippen molar-refractivity contribution >= 4 is 11.8 Å². The Labute approximate surface area is 92.3 Å². The first kappa shape index (κ1) is 10.9. The van der Waals surface area contributed by atoms with Crippen LogP contribution in [0.1, 0.15) is 23.6 Å². The SMILES string of the molecule is CNC1CCSCc2cc(F)cc(F)c21. The second-order valence-corrected chi connectivity index (χ2v) is 4.75. The van der Waals surface area contributed by atoms with Crippen molar-refractivity contribution < 1.29 is 8.78 Å². The molecule has 0 fully saturated rings. The minimum absolute atomic E-state index is 0.00981. The van der Waals surface area contributed by atoms with Crippen LogP contribution in [-0.4, -0.2) is 12.8 Å². The van der Waals surface area contributed by atoms with Crippen molar-refractivity contribution in [2.24, 2.45) is 0 Å². The molecule has 1 aromatic carbocycles. The molecule has 1 aromatic rings. The second kappa shape index (κ2) is 4.49. The van der Waals surface area contributed by atoms with Gasteiger partial charge in [-0.3, -0.25) is 0 Å². The lowest BCUT2D eigenvalue weighted by molar-refractivity contribution is 0.515. The predicted molar refractivity (Wildman–Crippen MR) is 58.9 cm³/mol. The minimum Gasteiger partial charge on any atom is -0.313 e. The van der Waals surface area contributed by atoms with E-state index >= 15 is 0 Å². The third-order valence-electron chi connectivity index (χ3n) is 2.69. The van der Waals surface area contributed by atoms with Crippen molar-refractivity contribution in [3.8, 4) is 0 Å². The maximum atomic E-state index is 13.7. The summed E-state index contributed by atoms with van der Waals surface area (Å²) >= 11 is 1.72. The van der Waals surface area contributed by atoms with Gasteiger partial charge in [-0.05, 0) is 30.9 Å². The molecule has 0 saturated carbocycles. The molecule has 0 radical (unpaired) electrons. The zero-order valence-electron chi connectivity index (χ0n) is 8.52. The molecule has 1 aliphatic rings. The molecule has 1 heterocycles. The average Bonchev–Trinajstić information content (AvgIpc) is 2.39. The monoisotopic (exact) mass is 229 g/mol. The van der Waals surface area contributed by atoms with Gasteiger partial charge in [-0.1, -0.05) is 0 Å². The van der Waals surface area contributed by atoms with Crippen LogP contribution in [-0.2, 0) is 5.75 Å². The van der Waals surface area contributed by atoms with Crippen LogP contribution in [0.3, 0.4) is 0 Å². The average molecular weight is 229 g/mol. The molecule has 1 atom stereocenters. The maximum Gasteiger partial charge on any atom is 0.131 e. The number of thioether (sulfide) groups is 1. The zero-order valence-corrected chi connectivity index (χ0v) is 9.33. The summed E-state index contributed by atoms with van der Waals surface area (Å²) in [5, 5.41) is 3.08. The molecule has 4 heteroatoms. The van der Waals surface area contributed by atoms with Gasteiger partial charge in [0.05, 0.1) is 0 Å². The molecular formula is C11H13F2NS. The van der Waals surface area contributed by atoms with Crippen LogP contribution >= 0.6 is 11.8 Å². The Morgan fingerprint density at radius 3 is 2.93 bits per heavy atom. The molecule has 0 spiro atoms. The molecule has 1 nitrogen and oxygen atoms in total. The van der Waals surface area contributed by atoms with Gasteiger partial charge in [0, 0.05) is 23.4 Å². The normalized spacial score (nSPS) is 20.9. The molecule has 82 valence electrons. The molecule has 0 bridgehead atoms. The van der Waals surface area contributed by atoms with E-state index in [1.54, 1.807) is 11.8 Å². The van der Waals surface area contributed by atoms with Crippen molar-refractivity contribution in [2.45, 2.75) is 18.2 Å². The van der Waals surface area contributed by atoms with Gasteiger partial charge < -0.3 is 5.32 Å². The van der Waals surface area contributed by atoms with Gasteiger partial charge in [-0.2, -0.15) is 11.8 Å². The van der Waals surface area contributed by atoms with E-state index in [1.807, 2.05) is 7.05 Å². The Kier molecular flexibility index (Phi) is 3.26. The Bertz CT molecular complexity index is 368. The number of hydrogen-bond donors (Lipinski definition) is 1. The summed E-state index contributed by atoms with van der Waals surface area (Å²) in [7, 11) is 1.81. The highest BCUT2D eigenvalue weighted by molar-refractivity contribution is 7.98. The number of halogens is 2. The lowest BCUT2D eigenvalue weighted by Gasteiger charge is -2.17. The molecule has 1 unspecified atom stereocenters. The first-order chi connectivity index (χ1) is 7.22. The first-order valence-corrected chi connectivity index (χ1v) is 6.10. The summed E-state index contributed by atoms with van der Waals surface area (Å²) in [6, 6.07) is 2.43. The van der Waals surface area contributed by atoms with Gasteiger partial charge in [0.15, 0.2) is 0 Å². The van der Waals surface area contributed by atoms with Gasteiger partial charge in [-0.25, -0.2) is 8.78 Å². The number of hydrogen-bond acceptors (Lipinski definition) is 2. The van der Waals surface area contributed by atoms with Crippen LogP contribution in [0.2, 0.25) is 0 Å². The summed E-state index contributed by atoms with van der Waals surface area (Å²) in [6.07, 6.45) is 0.886. The summed E-state index contributed by atoms with van der Waals surface area (Å²) < 4.78 is 26.7. The third-order valence-corrected chi connectivity index (χ3v) is 3.72. The number of rotatable bonds is 1. The van der Waals surface area contributed by atoms with Gasteiger partial charge in [0.2, 0.25) is 0 Å². The first-order valence-electron chi connectivity index (χ1n) is 4.95. The predicted octanol–water partition coefficient (Wildman–Crippen LogP) is 2.86. The van der Waals surface area contributed by atoms with E-state index in [0.29, 0.717) is 11.3 Å². The van der Waals surface area contributed by atoms with Gasteiger partial charge in [0.1, 0.15) is 11.6 Å². The van der Waals surface area contributed by atoms with E-state index in [0.717, 1.165) is 23.8 Å². The van der Waals surface area contributed by atoms with E-state index in [1.165, 1.54) is 6.07 Å². The minimum atomic E-state index is -0.483. The van der Waals surface area contributed by atoms with E-state index in [2.05, 4.69) is 5.32 Å². The van der Waals surface area contributed by atoms with Gasteiger partial charge in [-0.15, -0.1) is 0 Å². The van der Waals surface area contributed by atoms with Crippen LogP contribution in [0, 0.1) is 11.6 Å². The van der Waals surface area contributed by atoms with E-state index < -0.39 is 11.6 Å². The summed E-state index contributed by atoms with van der Waals surface area (Å²) in [5.41, 5.74) is 1.43. The highest BCUT2D eigenvalue weighted by atomic mass is 32.2. The standard InChI is InChI=1S/C11H13F2NS/c1-14-10-2-3-15-6-7-4-8(12)5-9(13)11(7)10/h4-5,10,14H,2-3,6H2,1H3. The molecular weight excluding hydrogens is 216 g/mol. The fraction of sp³-hybridized carbons (Fsp3) is 0.455. The largest absolute Gasteiger partial charge is 0.313 e. The van der Waals surface area contributed by atoms with Crippen molar-refractivity contribution in [1.82, 2.24) is 5.32 Å². The second-order valence-electron chi connectivity index (χ2n) is 3.64. The van der Waals surface area contributed by atoms with Crippen molar-refractivity contribution in [2.75, 3.05) is 12.8 Å². The number of fused-ring (bicyclic) bond motifs is 1. The summed E-state index contributed by atoms with van der Waals surface area (Å²) in [5.74, 6) is 0.763. The lowest BCUT2D eigenvalue weighted by atomic mass is 9.98. The molecule has 0 aromatic heterocycles. The molecule has 1 N–H and O–H groups in total. The van der Waals surface area contributed by atoms with E-state index in [4.69, 9.17) is 0 Å². The third kappa shape index (κ3) is 2.16. The fourth-order valence-electron chi connectivity index (χ4n) is 1.96. The Balaban J connectivity index is 2.50.